The molecule has 1 saturated heterocycles. The molecule has 0 bridgehead atoms. The average molecular weight is 498 g/mol. The third kappa shape index (κ3) is 5.37. The van der Waals surface area contributed by atoms with Crippen LogP contribution in [0, 0.1) is 13.8 Å². The van der Waals surface area contributed by atoms with Crippen LogP contribution in [-0.2, 0) is 14.8 Å². The van der Waals surface area contributed by atoms with Crippen molar-refractivity contribution in [2.75, 3.05) is 41.9 Å². The fourth-order valence-corrected chi connectivity index (χ4v) is 5.64. The summed E-state index contributed by atoms with van der Waals surface area (Å²) in [7, 11) is -3.92. The van der Waals surface area contributed by atoms with E-state index in [0.717, 1.165) is 16.8 Å². The van der Waals surface area contributed by atoms with Crippen molar-refractivity contribution in [1.82, 2.24) is 4.90 Å². The first-order valence-electron chi connectivity index (χ1n) is 11.2. The van der Waals surface area contributed by atoms with Gasteiger partial charge in [0.2, 0.25) is 5.91 Å². The predicted octanol–water partition coefficient (Wildman–Crippen LogP) is 4.50. The Balaban J connectivity index is 1.54. The van der Waals surface area contributed by atoms with Crippen LogP contribution in [0.2, 0.25) is 5.02 Å². The van der Waals surface area contributed by atoms with Gasteiger partial charge in [-0.25, -0.2) is 8.42 Å². The van der Waals surface area contributed by atoms with Crippen LogP contribution in [0.5, 0.6) is 0 Å². The van der Waals surface area contributed by atoms with Gasteiger partial charge in [0.25, 0.3) is 10.0 Å². The normalized spacial score (nSPS) is 14.2. The molecule has 0 aliphatic carbocycles. The highest BCUT2D eigenvalue weighted by Crippen LogP contribution is 2.26. The molecule has 34 heavy (non-hydrogen) atoms. The Labute approximate surface area is 206 Å². The molecule has 1 fully saturated rings. The van der Waals surface area contributed by atoms with Crippen LogP contribution >= 0.6 is 11.6 Å². The van der Waals surface area contributed by atoms with Crippen molar-refractivity contribution >= 4 is 38.9 Å². The Morgan fingerprint density at radius 1 is 0.882 bits per heavy atom. The van der Waals surface area contributed by atoms with Gasteiger partial charge in [-0.1, -0.05) is 47.5 Å². The highest BCUT2D eigenvalue weighted by Gasteiger charge is 2.30. The molecule has 4 rings (SSSR count). The lowest BCUT2D eigenvalue weighted by Gasteiger charge is -2.37. The second kappa shape index (κ2) is 10.1. The fourth-order valence-electron chi connectivity index (χ4n) is 4.05. The summed E-state index contributed by atoms with van der Waals surface area (Å²) in [4.78, 5) is 17.3. The standard InChI is InChI=1S/C26H28ClN3O3S/c1-20-9-11-25(12-10-20)34(32,33)30(24-8-3-5-21(2)17-24)19-26(31)29-15-13-28(14-16-29)23-7-4-6-22(27)18-23/h3-12,17-18H,13-16,19H2,1-2H3. The summed E-state index contributed by atoms with van der Waals surface area (Å²) in [5.41, 5.74) is 3.38. The van der Waals surface area contributed by atoms with Crippen LogP contribution in [0.3, 0.4) is 0 Å². The fraction of sp³-hybridized carbons (Fsp3) is 0.269. The van der Waals surface area contributed by atoms with Crippen molar-refractivity contribution in [2.24, 2.45) is 0 Å². The van der Waals surface area contributed by atoms with Crippen molar-refractivity contribution in [1.29, 1.82) is 0 Å². The Morgan fingerprint density at radius 2 is 1.56 bits per heavy atom. The van der Waals surface area contributed by atoms with Crippen LogP contribution in [0.25, 0.3) is 0 Å². The first-order valence-corrected chi connectivity index (χ1v) is 13.0. The van der Waals surface area contributed by atoms with E-state index in [0.29, 0.717) is 36.9 Å². The lowest BCUT2D eigenvalue weighted by atomic mass is 10.2. The van der Waals surface area contributed by atoms with Crippen molar-refractivity contribution in [3.05, 3.63) is 88.9 Å². The number of carbonyl (C=O) groups is 1. The molecule has 0 saturated carbocycles. The summed E-state index contributed by atoms with van der Waals surface area (Å²) >= 11 is 6.12. The summed E-state index contributed by atoms with van der Waals surface area (Å²) in [5, 5.41) is 0.672. The lowest BCUT2D eigenvalue weighted by molar-refractivity contribution is -0.129. The molecule has 0 atom stereocenters. The van der Waals surface area contributed by atoms with E-state index in [-0.39, 0.29) is 17.3 Å². The summed E-state index contributed by atoms with van der Waals surface area (Å²) in [6.07, 6.45) is 0. The molecule has 1 aliphatic heterocycles. The highest BCUT2D eigenvalue weighted by atomic mass is 35.5. The molecule has 8 heteroatoms. The van der Waals surface area contributed by atoms with Gasteiger partial charge in [0.05, 0.1) is 10.6 Å². The van der Waals surface area contributed by atoms with Crippen LogP contribution in [0.15, 0.2) is 77.7 Å². The number of hydrogen-bond donors (Lipinski definition) is 0. The van der Waals surface area contributed by atoms with Crippen LogP contribution in [-0.4, -0.2) is 51.9 Å². The summed E-state index contributed by atoms with van der Waals surface area (Å²) in [6, 6.07) is 21.6. The number of rotatable bonds is 6. The molecule has 0 N–H and O–H groups in total. The second-order valence-electron chi connectivity index (χ2n) is 8.51. The maximum absolute atomic E-state index is 13.6. The number of aryl methyl sites for hydroxylation is 2. The first-order chi connectivity index (χ1) is 16.2. The maximum atomic E-state index is 13.6. The zero-order chi connectivity index (χ0) is 24.3. The zero-order valence-corrected chi connectivity index (χ0v) is 20.9. The third-order valence-electron chi connectivity index (χ3n) is 5.98. The number of carbonyl (C=O) groups excluding carboxylic acids is 1. The summed E-state index contributed by atoms with van der Waals surface area (Å²) in [6.45, 7) is 5.88. The van der Waals surface area contributed by atoms with E-state index in [4.69, 9.17) is 11.6 Å². The quantitative estimate of drug-likeness (QED) is 0.503. The van der Waals surface area contributed by atoms with Crippen molar-refractivity contribution in [2.45, 2.75) is 18.7 Å². The topological polar surface area (TPSA) is 60.9 Å². The minimum atomic E-state index is -3.92. The Kier molecular flexibility index (Phi) is 7.14. The van der Waals surface area contributed by atoms with Gasteiger partial charge in [-0.05, 0) is 61.9 Å². The zero-order valence-electron chi connectivity index (χ0n) is 19.3. The maximum Gasteiger partial charge on any atom is 0.264 e. The van der Waals surface area contributed by atoms with Gasteiger partial charge in [0, 0.05) is 36.9 Å². The number of sulfonamides is 1. The number of nitrogens with zero attached hydrogens (tertiary/aromatic N) is 3. The van der Waals surface area contributed by atoms with Crippen molar-refractivity contribution in [3.63, 3.8) is 0 Å². The average Bonchev–Trinajstić information content (AvgIpc) is 2.82. The molecule has 178 valence electrons. The summed E-state index contributed by atoms with van der Waals surface area (Å²) < 4.78 is 28.4. The minimum Gasteiger partial charge on any atom is -0.368 e. The molecule has 0 aromatic heterocycles. The van der Waals surface area contributed by atoms with E-state index in [1.165, 1.54) is 4.31 Å². The van der Waals surface area contributed by atoms with E-state index in [1.54, 1.807) is 47.4 Å². The van der Waals surface area contributed by atoms with Crippen LogP contribution < -0.4 is 9.21 Å². The summed E-state index contributed by atoms with van der Waals surface area (Å²) in [5.74, 6) is -0.220. The second-order valence-corrected chi connectivity index (χ2v) is 10.8. The molecule has 0 radical (unpaired) electrons. The molecule has 0 spiro atoms. The van der Waals surface area contributed by atoms with Gasteiger partial charge in [0.15, 0.2) is 0 Å². The van der Waals surface area contributed by atoms with E-state index in [2.05, 4.69) is 4.90 Å². The van der Waals surface area contributed by atoms with E-state index in [1.807, 2.05) is 44.2 Å². The Morgan fingerprint density at radius 3 is 2.21 bits per heavy atom. The number of amides is 1. The Bertz CT molecular complexity index is 1270. The van der Waals surface area contributed by atoms with E-state index >= 15 is 0 Å². The monoisotopic (exact) mass is 497 g/mol. The first kappa shape index (κ1) is 24.1. The molecule has 1 aliphatic rings. The number of anilines is 2. The molecule has 1 amide bonds. The van der Waals surface area contributed by atoms with Crippen molar-refractivity contribution < 1.29 is 13.2 Å². The lowest BCUT2D eigenvalue weighted by Crippen LogP contribution is -2.52. The minimum absolute atomic E-state index is 0.165. The van der Waals surface area contributed by atoms with E-state index < -0.39 is 10.0 Å². The van der Waals surface area contributed by atoms with Gasteiger partial charge in [-0.3, -0.25) is 9.10 Å². The number of halogens is 1. The number of piperazine rings is 1. The SMILES string of the molecule is Cc1ccc(S(=O)(=O)N(CC(=O)N2CCN(c3cccc(Cl)c3)CC2)c2cccc(C)c2)cc1. The molecule has 6 nitrogen and oxygen atoms in total. The highest BCUT2D eigenvalue weighted by molar-refractivity contribution is 7.92. The van der Waals surface area contributed by atoms with Crippen LogP contribution in [0.4, 0.5) is 11.4 Å². The molecule has 3 aromatic rings. The van der Waals surface area contributed by atoms with Gasteiger partial charge in [0.1, 0.15) is 6.54 Å². The van der Waals surface area contributed by atoms with Crippen molar-refractivity contribution in [3.8, 4) is 0 Å². The predicted molar refractivity (Wildman–Crippen MR) is 137 cm³/mol. The van der Waals surface area contributed by atoms with Gasteiger partial charge >= 0.3 is 0 Å². The molecular formula is C26H28ClN3O3S. The van der Waals surface area contributed by atoms with Gasteiger partial charge < -0.3 is 9.80 Å². The Hall–Kier alpha value is -3.03. The smallest absolute Gasteiger partial charge is 0.264 e. The van der Waals surface area contributed by atoms with Crippen LogP contribution in [0.1, 0.15) is 11.1 Å². The molecule has 0 unspecified atom stereocenters. The molecule has 1 heterocycles. The largest absolute Gasteiger partial charge is 0.368 e. The van der Waals surface area contributed by atoms with Gasteiger partial charge in [-0.15, -0.1) is 0 Å². The third-order valence-corrected chi connectivity index (χ3v) is 8.01. The molecule has 3 aromatic carbocycles. The van der Waals surface area contributed by atoms with E-state index in [9.17, 15) is 13.2 Å². The molecular weight excluding hydrogens is 470 g/mol. The number of benzene rings is 3. The van der Waals surface area contributed by atoms with Gasteiger partial charge in [-0.2, -0.15) is 0 Å². The number of hydrogen-bond acceptors (Lipinski definition) is 4.